The number of hydrogen-bond donors (Lipinski definition) is 2. The molecule has 2 N–H and O–H groups in total. The van der Waals surface area contributed by atoms with E-state index in [2.05, 4.69) is 13.2 Å². The summed E-state index contributed by atoms with van der Waals surface area (Å²) in [5.41, 5.74) is -0.972. The number of aliphatic hydroxyl groups is 2. The molecular weight excluding hydrogens is 492 g/mol. The van der Waals surface area contributed by atoms with E-state index in [1.54, 1.807) is 19.1 Å². The molecule has 1 saturated carbocycles. The Morgan fingerprint density at radius 3 is 2.39 bits per heavy atom. The first-order valence-corrected chi connectivity index (χ1v) is 13.3. The fourth-order valence-electron chi connectivity index (χ4n) is 6.48. The van der Waals surface area contributed by atoms with Gasteiger partial charge in [0.1, 0.15) is 6.10 Å². The zero-order valence-corrected chi connectivity index (χ0v) is 23.3. The molecule has 2 fully saturated rings. The largest absolute Gasteiger partial charge is 0.458 e. The van der Waals surface area contributed by atoms with Gasteiger partial charge in [0.05, 0.1) is 23.5 Å². The van der Waals surface area contributed by atoms with Crippen LogP contribution in [-0.2, 0) is 33.3 Å². The maximum absolute atomic E-state index is 12.8. The van der Waals surface area contributed by atoms with E-state index in [0.717, 1.165) is 5.57 Å². The molecule has 212 valence electrons. The Bertz CT molecular complexity index is 1000. The molecule has 1 spiro atoms. The summed E-state index contributed by atoms with van der Waals surface area (Å²) in [6.45, 7) is 17.8. The molecule has 1 heterocycles. The number of carbonyl (C=O) groups is 3. The molecule has 0 aromatic carbocycles. The van der Waals surface area contributed by atoms with Crippen molar-refractivity contribution in [2.24, 2.45) is 28.6 Å². The lowest BCUT2D eigenvalue weighted by atomic mass is 9.44. The summed E-state index contributed by atoms with van der Waals surface area (Å²) in [5.74, 6) is -2.89. The Morgan fingerprint density at radius 2 is 1.84 bits per heavy atom. The van der Waals surface area contributed by atoms with Crippen LogP contribution in [0.5, 0.6) is 0 Å². The summed E-state index contributed by atoms with van der Waals surface area (Å²) in [6, 6.07) is 0. The topological polar surface area (TPSA) is 129 Å². The quantitative estimate of drug-likeness (QED) is 0.197. The molecule has 9 heteroatoms. The zero-order chi connectivity index (χ0) is 28.6. The van der Waals surface area contributed by atoms with Crippen molar-refractivity contribution in [1.82, 2.24) is 0 Å². The lowest BCUT2D eigenvalue weighted by molar-refractivity contribution is -0.274. The Kier molecular flexibility index (Phi) is 8.95. The van der Waals surface area contributed by atoms with E-state index in [1.165, 1.54) is 13.8 Å². The predicted octanol–water partition coefficient (Wildman–Crippen LogP) is 3.59. The third-order valence-corrected chi connectivity index (χ3v) is 9.06. The van der Waals surface area contributed by atoms with Gasteiger partial charge in [0.25, 0.3) is 0 Å². The van der Waals surface area contributed by atoms with Gasteiger partial charge in [-0.25, -0.2) is 0 Å². The minimum Gasteiger partial charge on any atom is -0.458 e. The van der Waals surface area contributed by atoms with Gasteiger partial charge in [0.2, 0.25) is 12.6 Å². The smallest absolute Gasteiger partial charge is 0.309 e. The van der Waals surface area contributed by atoms with Crippen molar-refractivity contribution in [2.75, 3.05) is 0 Å². The average molecular weight is 535 g/mol. The minimum absolute atomic E-state index is 0.283. The van der Waals surface area contributed by atoms with E-state index in [0.29, 0.717) is 24.8 Å². The SMILES string of the molecule is C=CC(=C)CC[C@]1(C)[C@H]2C[C@H](OC(=O)[C@@H](C)CC)C=C3[C@H](OC(C)=O)O[C@H](OC(C)=O)[C@@]32[C@H](O)[C@H](O)[C@@H]1C. The lowest BCUT2D eigenvalue weighted by Crippen LogP contribution is -2.68. The van der Waals surface area contributed by atoms with Gasteiger partial charge in [-0.05, 0) is 49.0 Å². The van der Waals surface area contributed by atoms with Crippen LogP contribution in [0.3, 0.4) is 0 Å². The molecule has 1 saturated heterocycles. The van der Waals surface area contributed by atoms with E-state index in [9.17, 15) is 24.6 Å². The maximum atomic E-state index is 12.8. The number of aliphatic hydroxyl groups excluding tert-OH is 2. The van der Waals surface area contributed by atoms with Crippen molar-refractivity contribution in [2.45, 2.75) is 98.1 Å². The molecule has 0 aromatic rings. The summed E-state index contributed by atoms with van der Waals surface area (Å²) in [6.07, 6.45) is -0.661. The van der Waals surface area contributed by atoms with Gasteiger partial charge >= 0.3 is 17.9 Å². The second-order valence-corrected chi connectivity index (χ2v) is 11.2. The molecule has 0 bridgehead atoms. The molecule has 3 rings (SSSR count). The number of carbonyl (C=O) groups excluding carboxylic acids is 3. The van der Waals surface area contributed by atoms with E-state index in [4.69, 9.17) is 18.9 Å². The van der Waals surface area contributed by atoms with Crippen LogP contribution in [0.4, 0.5) is 0 Å². The van der Waals surface area contributed by atoms with Crippen LogP contribution < -0.4 is 0 Å². The number of esters is 3. The lowest BCUT2D eigenvalue weighted by Gasteiger charge is -2.62. The summed E-state index contributed by atoms with van der Waals surface area (Å²) < 4.78 is 23.0. The Hall–Kier alpha value is -2.49. The standard InChI is InChI=1S/C29H42O9/c1-9-15(3)11-12-28(8)17(5)23(32)24(33)29-21(26(35-18(6)30)38-27(29)36-19(7)31)13-20(14-22(28)29)37-25(34)16(4)10-2/h9,13,16-17,20,22-24,26-27,32-33H,1,3,10-12,14H2,2,4-8H3/t16-,17-,20+,22+,23+,24+,26+,27-,28-,29-/m0/s1. The molecule has 0 amide bonds. The zero-order valence-electron chi connectivity index (χ0n) is 23.3. The number of allylic oxidation sites excluding steroid dienone is 2. The van der Waals surface area contributed by atoms with Crippen molar-refractivity contribution < 1.29 is 43.5 Å². The first-order valence-electron chi connectivity index (χ1n) is 13.3. The van der Waals surface area contributed by atoms with E-state index >= 15 is 0 Å². The fourth-order valence-corrected chi connectivity index (χ4v) is 6.48. The summed E-state index contributed by atoms with van der Waals surface area (Å²) >= 11 is 0. The van der Waals surface area contributed by atoms with Gasteiger partial charge in [-0.3, -0.25) is 19.1 Å². The highest BCUT2D eigenvalue weighted by Gasteiger charge is 2.73. The van der Waals surface area contributed by atoms with Crippen molar-refractivity contribution in [1.29, 1.82) is 0 Å². The van der Waals surface area contributed by atoms with Crippen molar-refractivity contribution in [3.05, 3.63) is 36.5 Å². The Balaban J connectivity index is 2.24. The molecule has 3 aliphatic rings. The molecular formula is C29H42O9. The van der Waals surface area contributed by atoms with Crippen LogP contribution in [0.1, 0.15) is 67.2 Å². The van der Waals surface area contributed by atoms with E-state index in [1.807, 2.05) is 20.8 Å². The van der Waals surface area contributed by atoms with Gasteiger partial charge < -0.3 is 24.4 Å². The first-order chi connectivity index (χ1) is 17.7. The van der Waals surface area contributed by atoms with E-state index < -0.39 is 65.5 Å². The molecule has 9 nitrogen and oxygen atoms in total. The van der Waals surface area contributed by atoms with Crippen LogP contribution in [0.2, 0.25) is 0 Å². The van der Waals surface area contributed by atoms with Gasteiger partial charge in [-0.2, -0.15) is 0 Å². The maximum Gasteiger partial charge on any atom is 0.309 e. The number of hydrogen-bond acceptors (Lipinski definition) is 9. The molecule has 10 atom stereocenters. The van der Waals surface area contributed by atoms with Crippen LogP contribution in [0.15, 0.2) is 36.5 Å². The Labute approximate surface area is 224 Å². The molecule has 1 aliphatic heterocycles. The minimum atomic E-state index is -1.44. The molecule has 0 radical (unpaired) electrons. The van der Waals surface area contributed by atoms with Crippen LogP contribution in [-0.4, -0.2) is 59.0 Å². The highest BCUT2D eigenvalue weighted by Crippen LogP contribution is 2.67. The van der Waals surface area contributed by atoms with Crippen molar-refractivity contribution in [3.8, 4) is 0 Å². The van der Waals surface area contributed by atoms with Crippen molar-refractivity contribution >= 4 is 17.9 Å². The highest BCUT2D eigenvalue weighted by atomic mass is 16.8. The summed E-state index contributed by atoms with van der Waals surface area (Å²) in [7, 11) is 0. The van der Waals surface area contributed by atoms with E-state index in [-0.39, 0.29) is 18.3 Å². The monoisotopic (exact) mass is 534 g/mol. The second kappa shape index (κ2) is 11.3. The van der Waals surface area contributed by atoms with Crippen molar-refractivity contribution in [3.63, 3.8) is 0 Å². The molecule has 0 unspecified atom stereocenters. The van der Waals surface area contributed by atoms with Gasteiger partial charge in [-0.1, -0.05) is 52.5 Å². The third-order valence-electron chi connectivity index (χ3n) is 9.06. The van der Waals surface area contributed by atoms with Crippen LogP contribution in [0.25, 0.3) is 0 Å². The second-order valence-electron chi connectivity index (χ2n) is 11.2. The van der Waals surface area contributed by atoms with Crippen LogP contribution >= 0.6 is 0 Å². The average Bonchev–Trinajstić information content (AvgIpc) is 3.15. The van der Waals surface area contributed by atoms with Crippen LogP contribution in [0, 0.1) is 28.6 Å². The number of rotatable bonds is 9. The highest BCUT2D eigenvalue weighted by molar-refractivity contribution is 5.72. The predicted molar refractivity (Wildman–Crippen MR) is 138 cm³/mol. The molecule has 0 aromatic heterocycles. The summed E-state index contributed by atoms with van der Waals surface area (Å²) in [4.78, 5) is 37.0. The Morgan fingerprint density at radius 1 is 1.21 bits per heavy atom. The normalized spacial score (nSPS) is 38.6. The van der Waals surface area contributed by atoms with Gasteiger partial charge in [-0.15, -0.1) is 0 Å². The van der Waals surface area contributed by atoms with Gasteiger partial charge in [0.15, 0.2) is 0 Å². The summed E-state index contributed by atoms with van der Waals surface area (Å²) in [5, 5.41) is 23.2. The molecule has 38 heavy (non-hydrogen) atoms. The third kappa shape index (κ3) is 5.08. The first kappa shape index (κ1) is 30.1. The van der Waals surface area contributed by atoms with Gasteiger partial charge in [0, 0.05) is 19.4 Å². The fraction of sp³-hybridized carbons (Fsp3) is 0.690. The number of ether oxygens (including phenoxy) is 4. The molecule has 2 aliphatic carbocycles.